The Hall–Kier alpha value is -3.27. The van der Waals surface area contributed by atoms with Crippen molar-refractivity contribution in [3.63, 3.8) is 0 Å². The third-order valence-corrected chi connectivity index (χ3v) is 5.74. The second-order valence-corrected chi connectivity index (χ2v) is 8.15. The molecule has 0 bridgehead atoms. The molecule has 0 aliphatic carbocycles. The minimum atomic E-state index is -0.223. The van der Waals surface area contributed by atoms with Gasteiger partial charge in [0.15, 0.2) is 0 Å². The molecule has 4 aromatic carbocycles. The van der Waals surface area contributed by atoms with Gasteiger partial charge in [0.25, 0.3) is 0 Å². The third-order valence-electron chi connectivity index (χ3n) is 5.74. The Bertz CT molecular complexity index is 987. The lowest BCUT2D eigenvalue weighted by Crippen LogP contribution is -2.35. The summed E-state index contributed by atoms with van der Waals surface area (Å²) in [6.07, 6.45) is 0. The van der Waals surface area contributed by atoms with Gasteiger partial charge in [-0.1, -0.05) is 103 Å². The van der Waals surface area contributed by atoms with Crippen molar-refractivity contribution in [3.05, 3.63) is 143 Å². The van der Waals surface area contributed by atoms with Crippen LogP contribution in [0.4, 0.5) is 4.39 Å². The minimum absolute atomic E-state index is 0.00461. The van der Waals surface area contributed by atoms with Gasteiger partial charge in [-0.2, -0.15) is 0 Å². The monoisotopic (exact) mass is 424 g/mol. The fourth-order valence-corrected chi connectivity index (χ4v) is 3.95. The molecular weight excluding hydrogens is 395 g/mol. The number of halogens is 1. The van der Waals surface area contributed by atoms with Crippen molar-refractivity contribution >= 4 is 0 Å². The van der Waals surface area contributed by atoms with Crippen molar-refractivity contribution in [2.75, 3.05) is 0 Å². The van der Waals surface area contributed by atoms with Crippen LogP contribution in [0.25, 0.3) is 0 Å². The summed E-state index contributed by atoms with van der Waals surface area (Å²) in [6, 6.07) is 36.2. The maximum atomic E-state index is 13.7. The molecule has 0 aromatic heterocycles. The Morgan fingerprint density at radius 3 is 1.41 bits per heavy atom. The van der Waals surface area contributed by atoms with Gasteiger partial charge >= 0.3 is 0 Å². The van der Waals surface area contributed by atoms with Crippen LogP contribution in [-0.2, 0) is 13.1 Å². The number of benzene rings is 4. The molecule has 3 heteroatoms. The van der Waals surface area contributed by atoms with Gasteiger partial charge in [-0.15, -0.1) is 0 Å². The summed E-state index contributed by atoms with van der Waals surface area (Å²) in [7, 11) is 0. The molecule has 0 saturated carbocycles. The summed E-state index contributed by atoms with van der Waals surface area (Å²) in [5, 5.41) is 7.50. The molecule has 32 heavy (non-hydrogen) atoms. The van der Waals surface area contributed by atoms with E-state index >= 15 is 0 Å². The van der Waals surface area contributed by atoms with E-state index in [9.17, 15) is 4.39 Å². The standard InChI is InChI=1S/C29H29FN2/c1-22-12-14-25(15-13-22)28(31-20-23-8-4-2-5-9-23)29(26-16-18-27(30)19-17-26)32-21-24-10-6-3-7-11-24/h2-19,28-29,31-32H,20-21H2,1H3/t28-,29-/m0/s1. The molecular formula is C29H29FN2. The lowest BCUT2D eigenvalue weighted by molar-refractivity contribution is 0.380. The molecule has 0 radical (unpaired) electrons. The molecule has 4 aromatic rings. The Morgan fingerprint density at radius 1 is 0.562 bits per heavy atom. The zero-order valence-electron chi connectivity index (χ0n) is 18.3. The van der Waals surface area contributed by atoms with Crippen molar-refractivity contribution in [2.24, 2.45) is 0 Å². The molecule has 2 N–H and O–H groups in total. The van der Waals surface area contributed by atoms with Gasteiger partial charge in [0.2, 0.25) is 0 Å². The number of hydrogen-bond acceptors (Lipinski definition) is 2. The molecule has 0 fully saturated rings. The van der Waals surface area contributed by atoms with Crippen LogP contribution in [0.1, 0.15) is 39.9 Å². The fraction of sp³-hybridized carbons (Fsp3) is 0.172. The van der Waals surface area contributed by atoms with Crippen LogP contribution in [0.5, 0.6) is 0 Å². The first-order valence-electron chi connectivity index (χ1n) is 11.1. The largest absolute Gasteiger partial charge is 0.304 e. The SMILES string of the molecule is Cc1ccc([C@H](NCc2ccccc2)[C@@H](NCc2ccccc2)c2ccc(F)cc2)cc1. The van der Waals surface area contributed by atoms with Gasteiger partial charge in [0, 0.05) is 13.1 Å². The van der Waals surface area contributed by atoms with Crippen LogP contribution in [0.15, 0.2) is 109 Å². The first-order chi connectivity index (χ1) is 15.7. The van der Waals surface area contributed by atoms with E-state index in [1.807, 2.05) is 24.3 Å². The number of aryl methyl sites for hydroxylation is 1. The lowest BCUT2D eigenvalue weighted by atomic mass is 9.92. The van der Waals surface area contributed by atoms with Crippen molar-refractivity contribution < 1.29 is 4.39 Å². The molecule has 0 amide bonds. The summed E-state index contributed by atoms with van der Waals surface area (Å²) >= 11 is 0. The van der Waals surface area contributed by atoms with Crippen molar-refractivity contribution in [1.82, 2.24) is 10.6 Å². The first kappa shape index (κ1) is 21.9. The molecule has 0 heterocycles. The Morgan fingerprint density at radius 2 is 0.969 bits per heavy atom. The quantitative estimate of drug-likeness (QED) is 0.321. The predicted molar refractivity (Wildman–Crippen MR) is 130 cm³/mol. The summed E-state index contributed by atoms with van der Waals surface area (Å²) in [5.74, 6) is -0.223. The highest BCUT2D eigenvalue weighted by molar-refractivity contribution is 5.31. The van der Waals surface area contributed by atoms with E-state index in [0.29, 0.717) is 0 Å². The van der Waals surface area contributed by atoms with E-state index in [4.69, 9.17) is 0 Å². The summed E-state index contributed by atoms with van der Waals surface area (Å²) in [6.45, 7) is 3.56. The Kier molecular flexibility index (Phi) is 7.44. The topological polar surface area (TPSA) is 24.1 Å². The maximum Gasteiger partial charge on any atom is 0.123 e. The van der Waals surface area contributed by atoms with Crippen molar-refractivity contribution in [1.29, 1.82) is 0 Å². The summed E-state index contributed by atoms with van der Waals surface area (Å²) < 4.78 is 13.7. The van der Waals surface area contributed by atoms with Crippen LogP contribution < -0.4 is 10.6 Å². The van der Waals surface area contributed by atoms with Crippen molar-refractivity contribution in [2.45, 2.75) is 32.1 Å². The van der Waals surface area contributed by atoms with Gasteiger partial charge < -0.3 is 10.6 Å². The molecule has 162 valence electrons. The van der Waals surface area contributed by atoms with Gasteiger partial charge in [-0.3, -0.25) is 0 Å². The second kappa shape index (κ2) is 10.9. The Labute approximate surface area is 190 Å². The highest BCUT2D eigenvalue weighted by Crippen LogP contribution is 2.30. The first-order valence-corrected chi connectivity index (χ1v) is 11.1. The van der Waals surface area contributed by atoms with Crippen LogP contribution in [-0.4, -0.2) is 0 Å². The fourth-order valence-electron chi connectivity index (χ4n) is 3.95. The smallest absolute Gasteiger partial charge is 0.123 e. The number of rotatable bonds is 9. The normalized spacial score (nSPS) is 12.9. The van der Waals surface area contributed by atoms with Crippen LogP contribution in [0, 0.1) is 12.7 Å². The number of nitrogens with one attached hydrogen (secondary N) is 2. The van der Waals surface area contributed by atoms with Crippen LogP contribution in [0.2, 0.25) is 0 Å². The number of hydrogen-bond donors (Lipinski definition) is 2. The predicted octanol–water partition coefficient (Wildman–Crippen LogP) is 6.50. The average molecular weight is 425 g/mol. The van der Waals surface area contributed by atoms with Crippen LogP contribution >= 0.6 is 0 Å². The van der Waals surface area contributed by atoms with Crippen molar-refractivity contribution in [3.8, 4) is 0 Å². The summed E-state index contributed by atoms with van der Waals surface area (Å²) in [5.41, 5.74) is 5.91. The van der Waals surface area contributed by atoms with Gasteiger partial charge in [0.05, 0.1) is 12.1 Å². The van der Waals surface area contributed by atoms with E-state index in [-0.39, 0.29) is 17.9 Å². The lowest BCUT2D eigenvalue weighted by Gasteiger charge is -2.30. The van der Waals surface area contributed by atoms with Crippen LogP contribution in [0.3, 0.4) is 0 Å². The molecule has 0 aliphatic rings. The second-order valence-electron chi connectivity index (χ2n) is 8.15. The zero-order valence-corrected chi connectivity index (χ0v) is 18.3. The van der Waals surface area contributed by atoms with Gasteiger partial charge in [-0.05, 0) is 41.3 Å². The molecule has 0 aliphatic heterocycles. The minimum Gasteiger partial charge on any atom is -0.304 e. The van der Waals surface area contributed by atoms with E-state index in [2.05, 4.69) is 90.4 Å². The van der Waals surface area contributed by atoms with E-state index in [0.717, 1.165) is 18.7 Å². The maximum absolute atomic E-state index is 13.7. The molecule has 4 rings (SSSR count). The third kappa shape index (κ3) is 5.91. The highest BCUT2D eigenvalue weighted by atomic mass is 19.1. The van der Waals surface area contributed by atoms with Gasteiger partial charge in [-0.25, -0.2) is 4.39 Å². The zero-order chi connectivity index (χ0) is 22.2. The molecule has 0 spiro atoms. The highest BCUT2D eigenvalue weighted by Gasteiger charge is 2.24. The molecule has 2 atom stereocenters. The molecule has 2 nitrogen and oxygen atoms in total. The van der Waals surface area contributed by atoms with E-state index in [1.165, 1.54) is 34.4 Å². The summed E-state index contributed by atoms with van der Waals surface area (Å²) in [4.78, 5) is 0. The molecule has 0 unspecified atom stereocenters. The average Bonchev–Trinajstić information content (AvgIpc) is 2.84. The van der Waals surface area contributed by atoms with E-state index in [1.54, 1.807) is 0 Å². The Balaban J connectivity index is 1.66. The van der Waals surface area contributed by atoms with E-state index < -0.39 is 0 Å². The molecule has 0 saturated heterocycles. The van der Waals surface area contributed by atoms with Gasteiger partial charge in [0.1, 0.15) is 5.82 Å².